The van der Waals surface area contributed by atoms with Gasteiger partial charge in [0.15, 0.2) is 0 Å². The maximum absolute atomic E-state index is 13.4. The van der Waals surface area contributed by atoms with Gasteiger partial charge >= 0.3 is 5.97 Å². The van der Waals surface area contributed by atoms with Gasteiger partial charge in [0, 0.05) is 35.5 Å². The largest absolute Gasteiger partial charge is 0.457 e. The molecule has 0 saturated heterocycles. The molecule has 4 rings (SSSR count). The number of fused-ring (bicyclic) bond motifs is 2. The van der Waals surface area contributed by atoms with Crippen LogP contribution in [0.4, 0.5) is 0 Å². The second-order valence-electron chi connectivity index (χ2n) is 9.37. The zero-order valence-electron chi connectivity index (χ0n) is 23.3. The molecule has 0 aliphatic heterocycles. The predicted molar refractivity (Wildman–Crippen MR) is 151 cm³/mol. The molecule has 0 aliphatic rings. The summed E-state index contributed by atoms with van der Waals surface area (Å²) < 4.78 is 33.8. The van der Waals surface area contributed by atoms with Gasteiger partial charge < -0.3 is 28.4 Å². The van der Waals surface area contributed by atoms with Crippen molar-refractivity contribution in [3.63, 3.8) is 0 Å². The highest BCUT2D eigenvalue weighted by molar-refractivity contribution is 6.10. The number of esters is 1. The van der Waals surface area contributed by atoms with E-state index in [9.17, 15) is 4.79 Å². The zero-order chi connectivity index (χ0) is 27.8. The Bertz CT molecular complexity index is 1430. The predicted octanol–water partition coefficient (Wildman–Crippen LogP) is 6.08. The van der Waals surface area contributed by atoms with E-state index in [1.54, 1.807) is 35.5 Å². The molecule has 0 radical (unpaired) electrons. The SMILES string of the molecule is COCc1cc2c(COC)c3c(COC)ccc(COC)c3c(COC)c2cc1C(=O)OCc1ccccc1. The first kappa shape index (κ1) is 28.7. The van der Waals surface area contributed by atoms with Crippen molar-refractivity contribution in [2.75, 3.05) is 35.5 Å². The molecule has 0 saturated carbocycles. The van der Waals surface area contributed by atoms with Crippen molar-refractivity contribution < 1.29 is 33.2 Å². The van der Waals surface area contributed by atoms with Gasteiger partial charge in [0.1, 0.15) is 6.61 Å². The molecule has 0 aliphatic carbocycles. The summed E-state index contributed by atoms with van der Waals surface area (Å²) in [6.07, 6.45) is 0. The molecule has 4 aromatic rings. The molecule has 0 aromatic heterocycles. The van der Waals surface area contributed by atoms with Crippen molar-refractivity contribution in [3.05, 3.63) is 93.5 Å². The van der Waals surface area contributed by atoms with E-state index in [4.69, 9.17) is 28.4 Å². The first-order valence-electron chi connectivity index (χ1n) is 12.8. The standard InChI is InChI=1S/C32H36O7/c1-34-16-22-11-12-23(17-35-2)31-29(20-38-5)27-14-25(32(33)39-15-21-9-7-6-8-10-21)24(18-36-3)13-26(27)28(19-37-4)30(22)31/h6-14H,15-20H2,1-5H3. The number of hydrogen-bond acceptors (Lipinski definition) is 7. The smallest absolute Gasteiger partial charge is 0.338 e. The number of rotatable bonds is 13. The lowest BCUT2D eigenvalue weighted by molar-refractivity contribution is 0.0468. The Morgan fingerprint density at radius 2 is 1.05 bits per heavy atom. The second kappa shape index (κ2) is 13.6. The summed E-state index contributed by atoms with van der Waals surface area (Å²) in [5.41, 5.74) is 6.16. The molecule has 0 fully saturated rings. The molecule has 7 heteroatoms. The zero-order valence-corrected chi connectivity index (χ0v) is 23.3. The average Bonchev–Trinajstić information content (AvgIpc) is 2.95. The number of benzene rings is 4. The first-order chi connectivity index (χ1) is 19.1. The fourth-order valence-corrected chi connectivity index (χ4v) is 5.20. The Balaban J connectivity index is 2.03. The summed E-state index contributed by atoms with van der Waals surface area (Å²) in [6.45, 7) is 2.01. The highest BCUT2D eigenvalue weighted by Crippen LogP contribution is 2.40. The summed E-state index contributed by atoms with van der Waals surface area (Å²) in [5, 5.41) is 3.94. The molecule has 0 bridgehead atoms. The molecular formula is C32H36O7. The average molecular weight is 533 g/mol. The summed E-state index contributed by atoms with van der Waals surface area (Å²) >= 11 is 0. The number of hydrogen-bond donors (Lipinski definition) is 0. The van der Waals surface area contributed by atoms with Gasteiger partial charge in [-0.1, -0.05) is 42.5 Å². The minimum Gasteiger partial charge on any atom is -0.457 e. The molecular weight excluding hydrogens is 496 g/mol. The van der Waals surface area contributed by atoms with E-state index in [0.717, 1.165) is 54.9 Å². The van der Waals surface area contributed by atoms with Gasteiger partial charge in [-0.15, -0.1) is 0 Å². The summed E-state index contributed by atoms with van der Waals surface area (Å²) in [6, 6.07) is 17.7. The van der Waals surface area contributed by atoms with Crippen LogP contribution >= 0.6 is 0 Å². The van der Waals surface area contributed by atoms with Gasteiger partial charge in [-0.25, -0.2) is 4.79 Å². The van der Waals surface area contributed by atoms with Gasteiger partial charge in [-0.2, -0.15) is 0 Å². The number of carbonyl (C=O) groups excluding carboxylic acids is 1. The molecule has 0 N–H and O–H groups in total. The topological polar surface area (TPSA) is 72.5 Å². The molecule has 0 unspecified atom stereocenters. The van der Waals surface area contributed by atoms with E-state index in [-0.39, 0.29) is 13.2 Å². The third-order valence-electron chi connectivity index (χ3n) is 6.78. The lowest BCUT2D eigenvalue weighted by atomic mass is 9.85. The molecule has 0 amide bonds. The molecule has 7 nitrogen and oxygen atoms in total. The van der Waals surface area contributed by atoms with Crippen LogP contribution in [-0.2, 0) is 68.1 Å². The van der Waals surface area contributed by atoms with Crippen molar-refractivity contribution in [3.8, 4) is 0 Å². The first-order valence-corrected chi connectivity index (χ1v) is 12.8. The van der Waals surface area contributed by atoms with Crippen LogP contribution in [0, 0.1) is 0 Å². The van der Waals surface area contributed by atoms with Crippen molar-refractivity contribution in [1.29, 1.82) is 0 Å². The highest BCUT2D eigenvalue weighted by Gasteiger charge is 2.23. The van der Waals surface area contributed by atoms with Crippen LogP contribution in [0.5, 0.6) is 0 Å². The van der Waals surface area contributed by atoms with E-state index in [1.807, 2.05) is 42.5 Å². The quantitative estimate of drug-likeness (QED) is 0.153. The Kier molecular flexibility index (Phi) is 10.0. The Morgan fingerprint density at radius 1 is 0.564 bits per heavy atom. The summed E-state index contributed by atoms with van der Waals surface area (Å²) in [5.74, 6) is -0.408. The fourth-order valence-electron chi connectivity index (χ4n) is 5.20. The molecule has 4 aromatic carbocycles. The van der Waals surface area contributed by atoms with Crippen LogP contribution in [-0.4, -0.2) is 41.5 Å². The van der Waals surface area contributed by atoms with E-state index >= 15 is 0 Å². The third-order valence-corrected chi connectivity index (χ3v) is 6.78. The van der Waals surface area contributed by atoms with Gasteiger partial charge in [-0.3, -0.25) is 0 Å². The normalized spacial score (nSPS) is 11.4. The minimum atomic E-state index is -0.408. The van der Waals surface area contributed by atoms with Crippen molar-refractivity contribution in [2.24, 2.45) is 0 Å². The number of methoxy groups -OCH3 is 5. The second-order valence-corrected chi connectivity index (χ2v) is 9.37. The Labute approximate surface area is 229 Å². The van der Waals surface area contributed by atoms with E-state index in [0.29, 0.717) is 32.0 Å². The number of carbonyl (C=O) groups is 1. The van der Waals surface area contributed by atoms with Gasteiger partial charge in [0.25, 0.3) is 0 Å². The van der Waals surface area contributed by atoms with Crippen LogP contribution in [0.25, 0.3) is 21.5 Å². The molecule has 0 heterocycles. The lowest BCUT2D eigenvalue weighted by Crippen LogP contribution is -2.11. The van der Waals surface area contributed by atoms with E-state index in [2.05, 4.69) is 12.1 Å². The Morgan fingerprint density at radius 3 is 1.56 bits per heavy atom. The number of ether oxygens (including phenoxy) is 6. The highest BCUT2D eigenvalue weighted by atomic mass is 16.5. The van der Waals surface area contributed by atoms with Crippen LogP contribution < -0.4 is 0 Å². The van der Waals surface area contributed by atoms with Gasteiger partial charge in [-0.05, 0) is 67.1 Å². The van der Waals surface area contributed by atoms with Gasteiger partial charge in [0.05, 0.1) is 38.6 Å². The van der Waals surface area contributed by atoms with Crippen LogP contribution in [0.2, 0.25) is 0 Å². The minimum absolute atomic E-state index is 0.181. The molecule has 0 spiro atoms. The molecule has 39 heavy (non-hydrogen) atoms. The van der Waals surface area contributed by atoms with Crippen LogP contribution in [0.1, 0.15) is 43.7 Å². The summed E-state index contributed by atoms with van der Waals surface area (Å²) in [7, 11) is 8.33. The maximum Gasteiger partial charge on any atom is 0.338 e. The van der Waals surface area contributed by atoms with Crippen LogP contribution in [0.3, 0.4) is 0 Å². The van der Waals surface area contributed by atoms with E-state index in [1.165, 1.54) is 0 Å². The maximum atomic E-state index is 13.4. The van der Waals surface area contributed by atoms with Crippen molar-refractivity contribution in [2.45, 2.75) is 39.6 Å². The lowest BCUT2D eigenvalue weighted by Gasteiger charge is -2.22. The van der Waals surface area contributed by atoms with Crippen LogP contribution in [0.15, 0.2) is 54.6 Å². The van der Waals surface area contributed by atoms with Crippen molar-refractivity contribution >= 4 is 27.5 Å². The fraction of sp³-hybridized carbons (Fsp3) is 0.344. The third kappa shape index (κ3) is 6.13. The van der Waals surface area contributed by atoms with E-state index < -0.39 is 5.97 Å². The van der Waals surface area contributed by atoms with Crippen molar-refractivity contribution in [1.82, 2.24) is 0 Å². The monoisotopic (exact) mass is 532 g/mol. The Hall–Kier alpha value is -3.33. The molecule has 0 atom stereocenters. The van der Waals surface area contributed by atoms with Gasteiger partial charge in [0.2, 0.25) is 0 Å². The summed E-state index contributed by atoms with van der Waals surface area (Å²) in [4.78, 5) is 13.4. The molecule has 206 valence electrons.